The zero-order valence-electron chi connectivity index (χ0n) is 9.28. The Balaban J connectivity index is 2.44. The molecule has 80 valence electrons. The molecule has 0 fully saturated rings. The Morgan fingerprint density at radius 3 is 2.67 bits per heavy atom. The second-order valence-corrected chi connectivity index (χ2v) is 3.35. The van der Waals surface area contributed by atoms with Crippen LogP contribution in [-0.2, 0) is 0 Å². The monoisotopic (exact) mass is 202 g/mol. The highest BCUT2D eigenvalue weighted by atomic mass is 16.5. The predicted molar refractivity (Wildman–Crippen MR) is 64.9 cm³/mol. The lowest BCUT2D eigenvalue weighted by Gasteiger charge is -2.08. The minimum Gasteiger partial charge on any atom is -0.462 e. The third kappa shape index (κ3) is 4.50. The van der Waals surface area contributed by atoms with E-state index in [0.29, 0.717) is 0 Å². The summed E-state index contributed by atoms with van der Waals surface area (Å²) >= 11 is 0. The van der Waals surface area contributed by atoms with Crippen LogP contribution in [-0.4, -0.2) is 0 Å². The van der Waals surface area contributed by atoms with Crippen molar-refractivity contribution in [2.75, 3.05) is 0 Å². The highest BCUT2D eigenvalue weighted by Gasteiger charge is 1.98. The molecule has 0 heterocycles. The van der Waals surface area contributed by atoms with E-state index in [0.717, 1.165) is 30.8 Å². The molecule has 0 spiro atoms. The van der Waals surface area contributed by atoms with E-state index in [4.69, 9.17) is 4.74 Å². The van der Waals surface area contributed by atoms with Gasteiger partial charge in [-0.2, -0.15) is 0 Å². The van der Waals surface area contributed by atoms with Gasteiger partial charge in [-0.05, 0) is 38.0 Å². The van der Waals surface area contributed by atoms with Crippen LogP contribution in [0, 0.1) is 0 Å². The molecule has 0 amide bonds. The number of rotatable bonds is 6. The van der Waals surface area contributed by atoms with Gasteiger partial charge in [0.15, 0.2) is 0 Å². The topological polar surface area (TPSA) is 9.23 Å². The minimum atomic E-state index is 0.907. The molecule has 0 saturated carbocycles. The summed E-state index contributed by atoms with van der Waals surface area (Å²) in [5.74, 6) is 1.94. The maximum Gasteiger partial charge on any atom is 0.126 e. The van der Waals surface area contributed by atoms with Gasteiger partial charge in [-0.25, -0.2) is 0 Å². The van der Waals surface area contributed by atoms with Crippen LogP contribution in [0.4, 0.5) is 0 Å². The lowest BCUT2D eigenvalue weighted by atomic mass is 10.2. The average molecular weight is 202 g/mol. The number of allylic oxidation sites excluding steroid dienone is 3. The van der Waals surface area contributed by atoms with Crippen LogP contribution in [0.2, 0.25) is 0 Å². The van der Waals surface area contributed by atoms with Crippen molar-refractivity contribution in [1.82, 2.24) is 0 Å². The first-order valence-corrected chi connectivity index (χ1v) is 5.36. The largest absolute Gasteiger partial charge is 0.462 e. The van der Waals surface area contributed by atoms with Crippen molar-refractivity contribution in [3.05, 3.63) is 54.8 Å². The number of benzene rings is 1. The average Bonchev–Trinajstić information content (AvgIpc) is 2.29. The molecular weight excluding hydrogens is 184 g/mol. The fraction of sp³-hybridized carbons (Fsp3) is 0.286. The number of hydrogen-bond acceptors (Lipinski definition) is 1. The van der Waals surface area contributed by atoms with Crippen LogP contribution >= 0.6 is 0 Å². The molecule has 0 radical (unpaired) electrons. The van der Waals surface area contributed by atoms with Gasteiger partial charge >= 0.3 is 0 Å². The number of ether oxygens (including phenoxy) is 1. The smallest absolute Gasteiger partial charge is 0.126 e. The molecule has 0 atom stereocenters. The van der Waals surface area contributed by atoms with E-state index in [1.807, 2.05) is 49.4 Å². The standard InChI is InChI=1S/C14H18O/c1-3-5-7-10-13(4-2)15-14-11-8-6-9-12-14/h3-4,6,8-9,11-12H,1,5,7,10H2,2H3/b13-4-. The summed E-state index contributed by atoms with van der Waals surface area (Å²) in [5, 5.41) is 0. The fourth-order valence-corrected chi connectivity index (χ4v) is 1.31. The van der Waals surface area contributed by atoms with Gasteiger partial charge in [0.25, 0.3) is 0 Å². The van der Waals surface area contributed by atoms with E-state index in [1.165, 1.54) is 0 Å². The summed E-state index contributed by atoms with van der Waals surface area (Å²) in [7, 11) is 0. The van der Waals surface area contributed by atoms with E-state index in [9.17, 15) is 0 Å². The van der Waals surface area contributed by atoms with Gasteiger partial charge in [0.05, 0.1) is 5.76 Å². The highest BCUT2D eigenvalue weighted by Crippen LogP contribution is 2.16. The second kappa shape index (κ2) is 6.88. The van der Waals surface area contributed by atoms with Crippen LogP contribution in [0.3, 0.4) is 0 Å². The number of hydrogen-bond donors (Lipinski definition) is 0. The SMILES string of the molecule is C=CCCC/C(=C/C)Oc1ccccc1. The second-order valence-electron chi connectivity index (χ2n) is 3.35. The Labute approximate surface area is 92.1 Å². The summed E-state index contributed by atoms with van der Waals surface area (Å²) < 4.78 is 5.74. The van der Waals surface area contributed by atoms with Gasteiger partial charge in [-0.3, -0.25) is 0 Å². The normalized spacial score (nSPS) is 11.1. The van der Waals surface area contributed by atoms with Crippen LogP contribution < -0.4 is 4.74 Å². The number of para-hydroxylation sites is 1. The predicted octanol–water partition coefficient (Wildman–Crippen LogP) is 4.33. The lowest BCUT2D eigenvalue weighted by molar-refractivity contribution is 0.398. The van der Waals surface area contributed by atoms with Crippen molar-refractivity contribution in [3.8, 4) is 5.75 Å². The van der Waals surface area contributed by atoms with Gasteiger partial charge in [0.1, 0.15) is 5.75 Å². The van der Waals surface area contributed by atoms with Crippen molar-refractivity contribution in [2.45, 2.75) is 26.2 Å². The molecule has 0 aliphatic carbocycles. The summed E-state index contributed by atoms with van der Waals surface area (Å²) in [6, 6.07) is 9.88. The fourth-order valence-electron chi connectivity index (χ4n) is 1.31. The molecule has 0 aromatic heterocycles. The summed E-state index contributed by atoms with van der Waals surface area (Å²) in [5.41, 5.74) is 0. The molecule has 0 bridgehead atoms. The Kier molecular flexibility index (Phi) is 5.31. The maximum atomic E-state index is 5.74. The minimum absolute atomic E-state index is 0.907. The van der Waals surface area contributed by atoms with Gasteiger partial charge in [0.2, 0.25) is 0 Å². The molecule has 15 heavy (non-hydrogen) atoms. The zero-order valence-corrected chi connectivity index (χ0v) is 9.28. The Morgan fingerprint density at radius 1 is 1.33 bits per heavy atom. The molecule has 0 N–H and O–H groups in total. The van der Waals surface area contributed by atoms with Crippen molar-refractivity contribution >= 4 is 0 Å². The third-order valence-corrected chi connectivity index (χ3v) is 2.15. The van der Waals surface area contributed by atoms with Gasteiger partial charge in [-0.15, -0.1) is 6.58 Å². The first-order chi connectivity index (χ1) is 7.36. The Morgan fingerprint density at radius 2 is 2.07 bits per heavy atom. The first kappa shape index (κ1) is 11.6. The molecular formula is C14H18O. The van der Waals surface area contributed by atoms with Crippen LogP contribution in [0.1, 0.15) is 26.2 Å². The van der Waals surface area contributed by atoms with Crippen LogP contribution in [0.25, 0.3) is 0 Å². The van der Waals surface area contributed by atoms with Crippen LogP contribution in [0.5, 0.6) is 5.75 Å². The molecule has 0 unspecified atom stereocenters. The van der Waals surface area contributed by atoms with E-state index >= 15 is 0 Å². The zero-order chi connectivity index (χ0) is 10.9. The van der Waals surface area contributed by atoms with Crippen molar-refractivity contribution in [2.24, 2.45) is 0 Å². The first-order valence-electron chi connectivity index (χ1n) is 5.36. The molecule has 1 aromatic carbocycles. The van der Waals surface area contributed by atoms with Crippen LogP contribution in [0.15, 0.2) is 54.8 Å². The van der Waals surface area contributed by atoms with Crippen molar-refractivity contribution in [3.63, 3.8) is 0 Å². The molecule has 1 heteroatoms. The van der Waals surface area contributed by atoms with Gasteiger partial charge < -0.3 is 4.74 Å². The van der Waals surface area contributed by atoms with E-state index in [2.05, 4.69) is 6.58 Å². The molecule has 0 aliphatic rings. The summed E-state index contributed by atoms with van der Waals surface area (Å²) in [6.45, 7) is 5.71. The molecule has 0 aliphatic heterocycles. The molecule has 1 nitrogen and oxygen atoms in total. The molecule has 0 saturated heterocycles. The van der Waals surface area contributed by atoms with E-state index < -0.39 is 0 Å². The molecule has 1 aromatic rings. The maximum absolute atomic E-state index is 5.74. The molecule has 1 rings (SSSR count). The summed E-state index contributed by atoms with van der Waals surface area (Å²) in [6.07, 6.45) is 7.06. The quantitative estimate of drug-likeness (QED) is 0.379. The summed E-state index contributed by atoms with van der Waals surface area (Å²) in [4.78, 5) is 0. The third-order valence-electron chi connectivity index (χ3n) is 2.15. The van der Waals surface area contributed by atoms with E-state index in [1.54, 1.807) is 0 Å². The Hall–Kier alpha value is -1.50. The number of unbranched alkanes of at least 4 members (excludes halogenated alkanes) is 1. The van der Waals surface area contributed by atoms with Crippen molar-refractivity contribution < 1.29 is 4.74 Å². The van der Waals surface area contributed by atoms with Gasteiger partial charge in [0, 0.05) is 6.42 Å². The van der Waals surface area contributed by atoms with E-state index in [-0.39, 0.29) is 0 Å². The highest BCUT2D eigenvalue weighted by molar-refractivity contribution is 5.23. The Bertz CT molecular complexity index is 311. The van der Waals surface area contributed by atoms with Crippen molar-refractivity contribution in [1.29, 1.82) is 0 Å². The van der Waals surface area contributed by atoms with Gasteiger partial charge in [-0.1, -0.05) is 24.3 Å². The lowest BCUT2D eigenvalue weighted by Crippen LogP contribution is -1.94.